The Morgan fingerprint density at radius 3 is 1.90 bits per heavy atom. The molecule has 110 valence electrons. The highest BCUT2D eigenvalue weighted by Crippen LogP contribution is 2.49. The SMILES string of the molecule is CC(C)(Oc1ccc(Cl)cc1)C1(c2ccc(Cl)cc2)CO1. The summed E-state index contributed by atoms with van der Waals surface area (Å²) >= 11 is 11.9. The molecule has 3 rings (SSSR count). The highest BCUT2D eigenvalue weighted by Gasteiger charge is 2.60. The van der Waals surface area contributed by atoms with Crippen LogP contribution in [0, 0.1) is 0 Å². The molecule has 0 spiro atoms. The summed E-state index contributed by atoms with van der Waals surface area (Å²) in [6, 6.07) is 15.1. The van der Waals surface area contributed by atoms with Gasteiger partial charge >= 0.3 is 0 Å². The van der Waals surface area contributed by atoms with Gasteiger partial charge in [-0.25, -0.2) is 0 Å². The van der Waals surface area contributed by atoms with Gasteiger partial charge < -0.3 is 9.47 Å². The number of hydrogen-bond acceptors (Lipinski definition) is 2. The Morgan fingerprint density at radius 1 is 0.952 bits per heavy atom. The maximum Gasteiger partial charge on any atom is 0.155 e. The summed E-state index contributed by atoms with van der Waals surface area (Å²) in [4.78, 5) is 0. The summed E-state index contributed by atoms with van der Waals surface area (Å²) in [5.41, 5.74) is 0.136. The van der Waals surface area contributed by atoms with Crippen molar-refractivity contribution in [1.82, 2.24) is 0 Å². The van der Waals surface area contributed by atoms with Crippen LogP contribution in [0.2, 0.25) is 10.0 Å². The molecule has 1 saturated heterocycles. The Labute approximate surface area is 134 Å². The van der Waals surface area contributed by atoms with Gasteiger partial charge in [0.15, 0.2) is 5.60 Å². The van der Waals surface area contributed by atoms with Crippen LogP contribution >= 0.6 is 23.2 Å². The molecule has 1 fully saturated rings. The van der Waals surface area contributed by atoms with E-state index in [9.17, 15) is 0 Å². The first-order valence-electron chi connectivity index (χ1n) is 6.78. The van der Waals surface area contributed by atoms with Crippen molar-refractivity contribution in [3.05, 3.63) is 64.1 Å². The van der Waals surface area contributed by atoms with Crippen molar-refractivity contribution in [1.29, 1.82) is 0 Å². The fourth-order valence-corrected chi connectivity index (χ4v) is 2.78. The molecule has 2 aromatic carbocycles. The van der Waals surface area contributed by atoms with E-state index < -0.39 is 11.2 Å². The molecule has 1 heterocycles. The molecule has 0 bridgehead atoms. The molecular weight excluding hydrogens is 307 g/mol. The van der Waals surface area contributed by atoms with Crippen LogP contribution in [-0.2, 0) is 10.3 Å². The van der Waals surface area contributed by atoms with E-state index in [1.54, 1.807) is 0 Å². The molecule has 0 aliphatic carbocycles. The van der Waals surface area contributed by atoms with Crippen molar-refractivity contribution in [3.8, 4) is 5.75 Å². The van der Waals surface area contributed by atoms with Gasteiger partial charge in [-0.3, -0.25) is 0 Å². The third-order valence-corrected chi connectivity index (χ3v) is 4.41. The predicted octanol–water partition coefficient (Wildman–Crippen LogP) is 5.08. The fraction of sp³-hybridized carbons (Fsp3) is 0.294. The minimum absolute atomic E-state index is 0.433. The van der Waals surface area contributed by atoms with E-state index in [1.165, 1.54) is 0 Å². The van der Waals surface area contributed by atoms with Gasteiger partial charge in [0, 0.05) is 10.0 Å². The topological polar surface area (TPSA) is 21.8 Å². The second-order valence-electron chi connectivity index (χ2n) is 5.69. The molecular formula is C17H16Cl2O2. The van der Waals surface area contributed by atoms with Crippen molar-refractivity contribution < 1.29 is 9.47 Å². The van der Waals surface area contributed by atoms with Gasteiger partial charge in [0.1, 0.15) is 11.4 Å². The Bertz CT molecular complexity index is 629. The van der Waals surface area contributed by atoms with Gasteiger partial charge in [-0.05, 0) is 55.8 Å². The first-order valence-corrected chi connectivity index (χ1v) is 7.53. The second kappa shape index (κ2) is 5.20. The third kappa shape index (κ3) is 2.76. The summed E-state index contributed by atoms with van der Waals surface area (Å²) in [6.07, 6.45) is 0. The first-order chi connectivity index (χ1) is 9.93. The first kappa shape index (κ1) is 14.7. The molecule has 2 nitrogen and oxygen atoms in total. The maximum atomic E-state index is 6.15. The van der Waals surface area contributed by atoms with Crippen LogP contribution in [-0.4, -0.2) is 12.2 Å². The largest absolute Gasteiger partial charge is 0.484 e. The van der Waals surface area contributed by atoms with Gasteiger partial charge in [-0.1, -0.05) is 35.3 Å². The van der Waals surface area contributed by atoms with Gasteiger partial charge in [0.25, 0.3) is 0 Å². The average Bonchev–Trinajstić information content (AvgIpc) is 3.24. The predicted molar refractivity (Wildman–Crippen MR) is 85.2 cm³/mol. The lowest BCUT2D eigenvalue weighted by atomic mass is 9.84. The maximum absolute atomic E-state index is 6.15. The summed E-state index contributed by atoms with van der Waals surface area (Å²) < 4.78 is 11.9. The minimum Gasteiger partial charge on any atom is -0.484 e. The molecule has 1 aliphatic rings. The van der Waals surface area contributed by atoms with Crippen molar-refractivity contribution >= 4 is 23.2 Å². The van der Waals surface area contributed by atoms with Gasteiger partial charge in [0.2, 0.25) is 0 Å². The molecule has 0 radical (unpaired) electrons. The molecule has 0 aromatic heterocycles. The second-order valence-corrected chi connectivity index (χ2v) is 6.56. The monoisotopic (exact) mass is 322 g/mol. The molecule has 0 saturated carbocycles. The lowest BCUT2D eigenvalue weighted by molar-refractivity contribution is 0.0153. The number of halogens is 2. The molecule has 1 unspecified atom stereocenters. The Morgan fingerprint density at radius 2 is 1.43 bits per heavy atom. The highest BCUT2D eigenvalue weighted by molar-refractivity contribution is 6.30. The number of hydrogen-bond donors (Lipinski definition) is 0. The zero-order valence-electron chi connectivity index (χ0n) is 11.9. The zero-order valence-corrected chi connectivity index (χ0v) is 13.4. The molecule has 0 N–H and O–H groups in total. The number of epoxide rings is 1. The molecule has 21 heavy (non-hydrogen) atoms. The van der Waals surface area contributed by atoms with E-state index in [2.05, 4.69) is 0 Å². The summed E-state index contributed by atoms with van der Waals surface area (Å²) in [6.45, 7) is 4.70. The van der Waals surface area contributed by atoms with E-state index >= 15 is 0 Å². The van der Waals surface area contributed by atoms with E-state index in [0.29, 0.717) is 16.7 Å². The van der Waals surface area contributed by atoms with Crippen LogP contribution in [0.25, 0.3) is 0 Å². The Kier molecular flexibility index (Phi) is 3.64. The Hall–Kier alpha value is -1.22. The normalized spacial score (nSPS) is 21.1. The van der Waals surface area contributed by atoms with Crippen molar-refractivity contribution in [3.63, 3.8) is 0 Å². The zero-order chi connectivity index (χ0) is 15.1. The summed E-state index contributed by atoms with van der Waals surface area (Å²) in [7, 11) is 0. The number of benzene rings is 2. The molecule has 1 aliphatic heterocycles. The summed E-state index contributed by atoms with van der Waals surface area (Å²) in [5, 5.41) is 1.40. The van der Waals surface area contributed by atoms with Crippen LogP contribution in [0.3, 0.4) is 0 Å². The van der Waals surface area contributed by atoms with E-state index in [0.717, 1.165) is 11.3 Å². The van der Waals surface area contributed by atoms with E-state index in [4.69, 9.17) is 32.7 Å². The smallest absolute Gasteiger partial charge is 0.155 e. The molecule has 1 atom stereocenters. The standard InChI is InChI=1S/C17H16Cl2O2/c1-16(2,21-15-9-7-14(19)8-10-15)17(11-20-17)12-3-5-13(18)6-4-12/h3-10H,11H2,1-2H3. The van der Waals surface area contributed by atoms with Crippen LogP contribution in [0.1, 0.15) is 19.4 Å². The lowest BCUT2D eigenvalue weighted by Crippen LogP contribution is -2.43. The van der Waals surface area contributed by atoms with E-state index in [-0.39, 0.29) is 0 Å². The van der Waals surface area contributed by atoms with Crippen LogP contribution in [0.4, 0.5) is 0 Å². The number of rotatable bonds is 4. The van der Waals surface area contributed by atoms with Crippen molar-refractivity contribution in [2.24, 2.45) is 0 Å². The van der Waals surface area contributed by atoms with Gasteiger partial charge in [-0.15, -0.1) is 0 Å². The lowest BCUT2D eigenvalue weighted by Gasteiger charge is -2.33. The number of ether oxygens (including phenoxy) is 2. The third-order valence-electron chi connectivity index (χ3n) is 3.90. The highest BCUT2D eigenvalue weighted by atomic mass is 35.5. The molecule has 0 amide bonds. The van der Waals surface area contributed by atoms with Gasteiger partial charge in [0.05, 0.1) is 6.61 Å². The minimum atomic E-state index is -0.505. The average molecular weight is 323 g/mol. The fourth-order valence-electron chi connectivity index (χ4n) is 2.53. The Balaban J connectivity index is 1.86. The molecule has 4 heteroatoms. The van der Waals surface area contributed by atoms with E-state index in [1.807, 2.05) is 62.4 Å². The molecule has 2 aromatic rings. The summed E-state index contributed by atoms with van der Waals surface area (Å²) in [5.74, 6) is 0.772. The van der Waals surface area contributed by atoms with Crippen LogP contribution < -0.4 is 4.74 Å². The van der Waals surface area contributed by atoms with Crippen LogP contribution in [0.5, 0.6) is 5.75 Å². The van der Waals surface area contributed by atoms with Gasteiger partial charge in [-0.2, -0.15) is 0 Å². The van der Waals surface area contributed by atoms with Crippen molar-refractivity contribution in [2.45, 2.75) is 25.0 Å². The van der Waals surface area contributed by atoms with Crippen molar-refractivity contribution in [2.75, 3.05) is 6.61 Å². The van der Waals surface area contributed by atoms with Crippen LogP contribution in [0.15, 0.2) is 48.5 Å². The quantitative estimate of drug-likeness (QED) is 0.732.